The minimum Gasteiger partial charge on any atom is -0.397 e. The molecule has 57 heavy (non-hydrogen) atoms. The molecule has 0 aromatic heterocycles. The highest BCUT2D eigenvalue weighted by Crippen LogP contribution is 2.53. The molecule has 0 spiro atoms. The van der Waals surface area contributed by atoms with E-state index in [2.05, 4.69) is 84.8 Å². The molecule has 2 aliphatic heterocycles. The number of hydrogen-bond acceptors (Lipinski definition) is 7. The van der Waals surface area contributed by atoms with Gasteiger partial charge in [0.25, 0.3) is 0 Å². The number of hydrogen-bond donors (Lipinski definition) is 4. The highest BCUT2D eigenvalue weighted by molar-refractivity contribution is 5.93. The second kappa shape index (κ2) is 17.9. The SMILES string of the molecule is CC1(C)CC2CC(C)(CN2CC2CC(c3ccc(CO)cc3)OC(c3cccc(-c4cccc(CNC(=O)CCCCCC(=O)Nc5ccccc5N)c4)c3)O2)C1. The number of carbonyl (C=O) groups is 2. The normalized spacial score (nSPS) is 24.2. The molecular formula is C48H60N4O5. The number of likely N-dealkylation sites (tertiary alicyclic amines) is 1. The Bertz CT molecular complexity index is 2000. The van der Waals surface area contributed by atoms with Gasteiger partial charge < -0.3 is 30.9 Å². The maximum Gasteiger partial charge on any atom is 0.224 e. The van der Waals surface area contributed by atoms with Crippen LogP contribution in [0, 0.1) is 10.8 Å². The Balaban J connectivity index is 0.954. The van der Waals surface area contributed by atoms with Crippen LogP contribution in [0.4, 0.5) is 11.4 Å². The lowest BCUT2D eigenvalue weighted by atomic mass is 9.65. The number of ether oxygens (including phenoxy) is 2. The Morgan fingerprint density at radius 1 is 0.807 bits per heavy atom. The molecule has 3 fully saturated rings. The number of unbranched alkanes of at least 4 members (excludes halogenated alkanes) is 2. The fraction of sp³-hybridized carbons (Fsp3) is 0.458. The molecule has 9 heteroatoms. The first-order valence-electron chi connectivity index (χ1n) is 20.8. The molecule has 302 valence electrons. The highest BCUT2D eigenvalue weighted by Gasteiger charge is 2.50. The second-order valence-corrected chi connectivity index (χ2v) is 17.8. The summed E-state index contributed by atoms with van der Waals surface area (Å²) in [4.78, 5) is 27.7. The summed E-state index contributed by atoms with van der Waals surface area (Å²) < 4.78 is 13.6. The third-order valence-corrected chi connectivity index (χ3v) is 12.0. The van der Waals surface area contributed by atoms with E-state index < -0.39 is 6.29 Å². The van der Waals surface area contributed by atoms with Crippen LogP contribution in [0.25, 0.3) is 11.1 Å². The molecule has 4 aromatic rings. The Labute approximate surface area is 338 Å². The van der Waals surface area contributed by atoms with Gasteiger partial charge in [0.2, 0.25) is 11.8 Å². The standard InChI is InChI=1S/C48H60N4O5/c1-47(2)26-39-27-48(3,31-47)32-52(39)29-40-25-43(35-21-19-33(30-53)20-22-35)57-46(56-40)38-14-10-13-37(24-38)36-12-9-11-34(23-36)28-50-44(54)17-5-4-6-18-45(55)51-42-16-8-7-15-41(42)49/h7-16,19-24,39-40,43,46,53H,4-6,17-18,25-32,49H2,1-3H3,(H,50,54)(H,51,55). The summed E-state index contributed by atoms with van der Waals surface area (Å²) >= 11 is 0. The van der Waals surface area contributed by atoms with E-state index in [1.807, 2.05) is 36.4 Å². The summed E-state index contributed by atoms with van der Waals surface area (Å²) in [5.74, 6) is -0.0703. The van der Waals surface area contributed by atoms with Gasteiger partial charge in [0.05, 0.1) is 30.2 Å². The van der Waals surface area contributed by atoms with E-state index in [4.69, 9.17) is 15.2 Å². The van der Waals surface area contributed by atoms with Gasteiger partial charge in [-0.15, -0.1) is 0 Å². The van der Waals surface area contributed by atoms with Crippen LogP contribution < -0.4 is 16.4 Å². The number of carbonyl (C=O) groups excluding carboxylic acids is 2. The predicted molar refractivity (Wildman–Crippen MR) is 226 cm³/mol. The summed E-state index contributed by atoms with van der Waals surface area (Å²) in [5.41, 5.74) is 13.9. The maximum atomic E-state index is 12.7. The molecule has 2 heterocycles. The minimum atomic E-state index is -0.528. The monoisotopic (exact) mass is 772 g/mol. The van der Waals surface area contributed by atoms with Crippen molar-refractivity contribution in [3.05, 3.63) is 119 Å². The molecule has 3 aliphatic rings. The molecule has 1 aliphatic carbocycles. The van der Waals surface area contributed by atoms with Crippen LogP contribution >= 0.6 is 0 Å². The molecule has 5 unspecified atom stereocenters. The lowest BCUT2D eigenvalue weighted by Crippen LogP contribution is -2.42. The van der Waals surface area contributed by atoms with Crippen LogP contribution in [0.2, 0.25) is 0 Å². The number of benzene rings is 4. The number of aliphatic hydroxyl groups excluding tert-OH is 1. The van der Waals surface area contributed by atoms with Crippen LogP contribution in [0.5, 0.6) is 0 Å². The van der Waals surface area contributed by atoms with Crippen molar-refractivity contribution in [1.82, 2.24) is 10.2 Å². The quantitative estimate of drug-likeness (QED) is 0.0702. The maximum absolute atomic E-state index is 12.7. The first-order chi connectivity index (χ1) is 27.4. The number of nitrogen functional groups attached to an aromatic ring is 1. The van der Waals surface area contributed by atoms with Gasteiger partial charge >= 0.3 is 0 Å². The van der Waals surface area contributed by atoms with Crippen LogP contribution in [0.3, 0.4) is 0 Å². The van der Waals surface area contributed by atoms with Crippen molar-refractivity contribution in [2.45, 2.75) is 116 Å². The van der Waals surface area contributed by atoms with Gasteiger partial charge in [-0.1, -0.05) is 100.0 Å². The van der Waals surface area contributed by atoms with Crippen molar-refractivity contribution in [2.75, 3.05) is 24.1 Å². The van der Waals surface area contributed by atoms with E-state index in [-0.39, 0.29) is 30.6 Å². The summed E-state index contributed by atoms with van der Waals surface area (Å²) in [7, 11) is 0. The lowest BCUT2D eigenvalue weighted by Gasteiger charge is -2.41. The molecular weight excluding hydrogens is 713 g/mol. The van der Waals surface area contributed by atoms with E-state index in [0.717, 1.165) is 65.7 Å². The summed E-state index contributed by atoms with van der Waals surface area (Å²) in [6.07, 6.45) is 6.88. The van der Waals surface area contributed by atoms with Crippen LogP contribution in [0.1, 0.15) is 113 Å². The van der Waals surface area contributed by atoms with E-state index >= 15 is 0 Å². The number of para-hydroxylation sites is 2. The van der Waals surface area contributed by atoms with Gasteiger partial charge in [-0.2, -0.15) is 0 Å². The zero-order valence-electron chi connectivity index (χ0n) is 33.8. The smallest absolute Gasteiger partial charge is 0.224 e. The number of nitrogens with one attached hydrogen (secondary N) is 2. The number of aliphatic hydroxyl groups is 1. The van der Waals surface area contributed by atoms with Gasteiger partial charge in [-0.25, -0.2) is 0 Å². The average Bonchev–Trinajstić information content (AvgIpc) is 3.44. The molecule has 9 nitrogen and oxygen atoms in total. The number of fused-ring (bicyclic) bond motifs is 2. The van der Waals surface area contributed by atoms with Gasteiger partial charge in [-0.3, -0.25) is 14.5 Å². The summed E-state index contributed by atoms with van der Waals surface area (Å²) in [6.45, 7) is 9.76. The number of nitrogens with two attached hydrogens (primary N) is 1. The van der Waals surface area contributed by atoms with Crippen molar-refractivity contribution < 1.29 is 24.2 Å². The summed E-state index contributed by atoms with van der Waals surface area (Å²) in [6, 6.07) is 32.6. The molecule has 0 radical (unpaired) electrons. The van der Waals surface area contributed by atoms with Crippen molar-refractivity contribution in [3.8, 4) is 11.1 Å². The average molecular weight is 773 g/mol. The second-order valence-electron chi connectivity index (χ2n) is 17.8. The molecule has 1 saturated carbocycles. The van der Waals surface area contributed by atoms with Gasteiger partial charge in [0, 0.05) is 50.5 Å². The third-order valence-electron chi connectivity index (χ3n) is 12.0. The van der Waals surface area contributed by atoms with Crippen LogP contribution in [0.15, 0.2) is 97.1 Å². The number of nitrogens with zero attached hydrogens (tertiary/aromatic N) is 1. The molecule has 5 atom stereocenters. The van der Waals surface area contributed by atoms with E-state index in [1.54, 1.807) is 12.1 Å². The van der Waals surface area contributed by atoms with Crippen molar-refractivity contribution >= 4 is 23.2 Å². The lowest BCUT2D eigenvalue weighted by molar-refractivity contribution is -0.253. The van der Waals surface area contributed by atoms with Gasteiger partial charge in [0.15, 0.2) is 6.29 Å². The Morgan fingerprint density at radius 3 is 2.32 bits per heavy atom. The molecule has 2 amide bonds. The minimum absolute atomic E-state index is 0.000756. The summed E-state index contributed by atoms with van der Waals surface area (Å²) in [5, 5.41) is 15.6. The fourth-order valence-corrected chi connectivity index (χ4v) is 9.67. The zero-order chi connectivity index (χ0) is 40.0. The van der Waals surface area contributed by atoms with Crippen molar-refractivity contribution in [3.63, 3.8) is 0 Å². The predicted octanol–water partition coefficient (Wildman–Crippen LogP) is 9.08. The van der Waals surface area contributed by atoms with Crippen molar-refractivity contribution in [1.29, 1.82) is 0 Å². The Kier molecular flexibility index (Phi) is 12.8. The molecule has 2 bridgehead atoms. The first kappa shape index (κ1) is 40.6. The topological polar surface area (TPSA) is 126 Å². The molecule has 4 aromatic carbocycles. The number of amides is 2. The number of rotatable bonds is 15. The van der Waals surface area contributed by atoms with E-state index in [0.29, 0.717) is 54.1 Å². The zero-order valence-corrected chi connectivity index (χ0v) is 33.8. The largest absolute Gasteiger partial charge is 0.397 e. The van der Waals surface area contributed by atoms with E-state index in [9.17, 15) is 14.7 Å². The molecule has 2 saturated heterocycles. The Morgan fingerprint density at radius 2 is 1.54 bits per heavy atom. The highest BCUT2D eigenvalue weighted by atomic mass is 16.7. The third kappa shape index (κ3) is 10.7. The molecule has 5 N–H and O–H groups in total. The fourth-order valence-electron chi connectivity index (χ4n) is 9.67. The number of anilines is 2. The van der Waals surface area contributed by atoms with Crippen LogP contribution in [-0.4, -0.2) is 47.1 Å². The van der Waals surface area contributed by atoms with Gasteiger partial charge in [0.1, 0.15) is 0 Å². The van der Waals surface area contributed by atoms with Gasteiger partial charge in [-0.05, 0) is 95.0 Å². The van der Waals surface area contributed by atoms with E-state index in [1.165, 1.54) is 19.3 Å². The van der Waals surface area contributed by atoms with Crippen molar-refractivity contribution in [2.24, 2.45) is 10.8 Å². The molecule has 7 rings (SSSR count). The Hall–Kier alpha value is -4.54. The van der Waals surface area contributed by atoms with Crippen LogP contribution in [-0.2, 0) is 32.2 Å². The first-order valence-corrected chi connectivity index (χ1v) is 20.8.